The molecule has 1 heterocycles. The first-order valence-electron chi connectivity index (χ1n) is 5.09. The number of aryl methyl sites for hydroxylation is 1. The molecule has 0 aliphatic rings. The monoisotopic (exact) mass is 237 g/mol. The number of aliphatic hydroxyl groups is 3. The van der Waals surface area contributed by atoms with Crippen molar-refractivity contribution < 1.29 is 15.3 Å². The molecule has 0 amide bonds. The van der Waals surface area contributed by atoms with E-state index in [9.17, 15) is 15.3 Å². The highest BCUT2D eigenvalue weighted by Crippen LogP contribution is 2.19. The van der Waals surface area contributed by atoms with Crippen LogP contribution in [0.5, 0.6) is 0 Å². The third kappa shape index (κ3) is 2.71. The molecular formula is C11H15N3O3. The van der Waals surface area contributed by atoms with Crippen LogP contribution in [0.4, 0.5) is 5.82 Å². The van der Waals surface area contributed by atoms with E-state index in [1.54, 1.807) is 13.0 Å². The largest absolute Gasteiger partial charge is 0.394 e. The summed E-state index contributed by atoms with van der Waals surface area (Å²) < 4.78 is 0. The van der Waals surface area contributed by atoms with Crippen LogP contribution in [-0.2, 0) is 0 Å². The molecule has 6 nitrogen and oxygen atoms in total. The molecule has 0 fully saturated rings. The molecule has 0 aliphatic heterocycles. The second-order valence-corrected chi connectivity index (χ2v) is 3.84. The lowest BCUT2D eigenvalue weighted by molar-refractivity contribution is 0.0831. The molecule has 1 rings (SSSR count). The summed E-state index contributed by atoms with van der Waals surface area (Å²) in [7, 11) is 0. The minimum atomic E-state index is -1.29. The van der Waals surface area contributed by atoms with E-state index in [-0.39, 0.29) is 5.82 Å². The minimum absolute atomic E-state index is 0.240. The Kier molecular flexibility index (Phi) is 4.40. The van der Waals surface area contributed by atoms with Gasteiger partial charge in [0.1, 0.15) is 17.4 Å². The minimum Gasteiger partial charge on any atom is -0.394 e. The summed E-state index contributed by atoms with van der Waals surface area (Å²) >= 11 is 0. The predicted octanol–water partition coefficient (Wildman–Crippen LogP) is -0.611. The fraction of sp³-hybridized carbons (Fsp3) is 0.455. The maximum atomic E-state index is 9.18. The van der Waals surface area contributed by atoms with E-state index >= 15 is 0 Å². The number of hydrogen-bond acceptors (Lipinski definition) is 6. The highest BCUT2D eigenvalue weighted by atomic mass is 16.3. The Morgan fingerprint density at radius 2 is 1.94 bits per heavy atom. The van der Waals surface area contributed by atoms with Crippen LogP contribution in [-0.4, -0.2) is 45.7 Å². The van der Waals surface area contributed by atoms with Gasteiger partial charge in [0.25, 0.3) is 0 Å². The second-order valence-electron chi connectivity index (χ2n) is 3.84. The van der Waals surface area contributed by atoms with Crippen molar-refractivity contribution >= 4 is 5.82 Å². The van der Waals surface area contributed by atoms with Crippen molar-refractivity contribution in [1.82, 2.24) is 4.98 Å². The molecule has 0 radical (unpaired) electrons. The van der Waals surface area contributed by atoms with E-state index in [1.165, 1.54) is 6.20 Å². The van der Waals surface area contributed by atoms with E-state index in [2.05, 4.69) is 10.3 Å². The molecule has 17 heavy (non-hydrogen) atoms. The summed E-state index contributed by atoms with van der Waals surface area (Å²) in [5.74, 6) is 0.240. The van der Waals surface area contributed by atoms with E-state index in [0.717, 1.165) is 5.56 Å². The maximum Gasteiger partial charge on any atom is 0.144 e. The van der Waals surface area contributed by atoms with Gasteiger partial charge >= 0.3 is 0 Å². The van der Waals surface area contributed by atoms with Crippen molar-refractivity contribution in [3.63, 3.8) is 0 Å². The Bertz CT molecular complexity index is 416. The number of pyridine rings is 1. The normalized spacial score (nSPS) is 11.0. The molecular weight excluding hydrogens is 222 g/mol. The summed E-state index contributed by atoms with van der Waals surface area (Å²) in [5, 5.41) is 39.2. The van der Waals surface area contributed by atoms with Crippen LogP contribution in [0.15, 0.2) is 12.3 Å². The molecule has 0 bridgehead atoms. The molecule has 0 atom stereocenters. The van der Waals surface area contributed by atoms with E-state index in [1.807, 2.05) is 6.07 Å². The lowest BCUT2D eigenvalue weighted by Gasteiger charge is -2.29. The maximum absolute atomic E-state index is 9.18. The third-order valence-corrected chi connectivity index (χ3v) is 2.56. The molecule has 6 heteroatoms. The van der Waals surface area contributed by atoms with Crippen molar-refractivity contribution in [2.45, 2.75) is 12.5 Å². The van der Waals surface area contributed by atoms with Crippen LogP contribution in [0.2, 0.25) is 0 Å². The quantitative estimate of drug-likeness (QED) is 0.544. The van der Waals surface area contributed by atoms with E-state index < -0.39 is 25.4 Å². The number of nitrogens with one attached hydrogen (secondary N) is 1. The SMILES string of the molecule is Cc1ccnc(NC(CO)(CO)CO)c1C#N. The van der Waals surface area contributed by atoms with Gasteiger partial charge in [-0.1, -0.05) is 0 Å². The zero-order valence-electron chi connectivity index (χ0n) is 9.51. The van der Waals surface area contributed by atoms with Gasteiger partial charge in [0.2, 0.25) is 0 Å². The standard InChI is InChI=1S/C11H15N3O3/c1-8-2-3-13-10(9(8)4-12)14-11(5-15,6-16)7-17/h2-3,15-17H,5-7H2,1H3,(H,13,14). The van der Waals surface area contributed by atoms with Crippen molar-refractivity contribution in [3.8, 4) is 6.07 Å². The molecule has 92 valence electrons. The number of nitrogens with zero attached hydrogens (tertiary/aromatic N) is 2. The zero-order chi connectivity index (χ0) is 12.9. The molecule has 0 aromatic carbocycles. The van der Waals surface area contributed by atoms with Gasteiger partial charge in [0, 0.05) is 6.20 Å². The molecule has 1 aromatic heterocycles. The Morgan fingerprint density at radius 3 is 2.41 bits per heavy atom. The number of nitriles is 1. The summed E-state index contributed by atoms with van der Waals surface area (Å²) in [5.41, 5.74) is -0.230. The first-order chi connectivity index (χ1) is 8.12. The third-order valence-electron chi connectivity index (χ3n) is 2.56. The lowest BCUT2D eigenvalue weighted by Crippen LogP contribution is -2.49. The fourth-order valence-electron chi connectivity index (χ4n) is 1.31. The Labute approximate surface area is 99.2 Å². The summed E-state index contributed by atoms with van der Waals surface area (Å²) in [6.45, 7) is 0.339. The van der Waals surface area contributed by atoms with Crippen LogP contribution in [0.3, 0.4) is 0 Å². The smallest absolute Gasteiger partial charge is 0.144 e. The van der Waals surface area contributed by atoms with Crippen molar-refractivity contribution in [2.75, 3.05) is 25.1 Å². The summed E-state index contributed by atoms with van der Waals surface area (Å²) in [6, 6.07) is 3.67. The molecule has 0 unspecified atom stereocenters. The average Bonchev–Trinajstić information content (AvgIpc) is 2.36. The number of aromatic nitrogens is 1. The van der Waals surface area contributed by atoms with Gasteiger partial charge in [-0.3, -0.25) is 0 Å². The van der Waals surface area contributed by atoms with Crippen LogP contribution in [0.1, 0.15) is 11.1 Å². The summed E-state index contributed by atoms with van der Waals surface area (Å²) in [4.78, 5) is 3.97. The highest BCUT2D eigenvalue weighted by Gasteiger charge is 2.29. The fourth-order valence-corrected chi connectivity index (χ4v) is 1.31. The van der Waals surface area contributed by atoms with Crippen LogP contribution < -0.4 is 5.32 Å². The van der Waals surface area contributed by atoms with Gasteiger partial charge in [0.15, 0.2) is 0 Å². The number of aliphatic hydroxyl groups excluding tert-OH is 3. The van der Waals surface area contributed by atoms with E-state index in [4.69, 9.17) is 5.26 Å². The predicted molar refractivity (Wildman–Crippen MR) is 61.3 cm³/mol. The van der Waals surface area contributed by atoms with Crippen molar-refractivity contribution in [3.05, 3.63) is 23.4 Å². The van der Waals surface area contributed by atoms with Gasteiger partial charge in [-0.15, -0.1) is 0 Å². The van der Waals surface area contributed by atoms with Crippen molar-refractivity contribution in [2.24, 2.45) is 0 Å². The highest BCUT2D eigenvalue weighted by molar-refractivity contribution is 5.56. The van der Waals surface area contributed by atoms with Crippen LogP contribution in [0, 0.1) is 18.3 Å². The number of hydrogen-bond donors (Lipinski definition) is 4. The molecule has 0 saturated carbocycles. The summed E-state index contributed by atoms with van der Waals surface area (Å²) in [6.07, 6.45) is 1.51. The molecule has 0 spiro atoms. The van der Waals surface area contributed by atoms with E-state index in [0.29, 0.717) is 5.56 Å². The van der Waals surface area contributed by atoms with Gasteiger partial charge < -0.3 is 20.6 Å². The van der Waals surface area contributed by atoms with Gasteiger partial charge in [-0.25, -0.2) is 4.98 Å². The molecule has 1 aromatic rings. The van der Waals surface area contributed by atoms with Gasteiger partial charge in [-0.05, 0) is 18.6 Å². The van der Waals surface area contributed by atoms with Gasteiger partial charge in [0.05, 0.1) is 25.4 Å². The first kappa shape index (κ1) is 13.4. The topological polar surface area (TPSA) is 109 Å². The zero-order valence-corrected chi connectivity index (χ0v) is 9.51. The van der Waals surface area contributed by atoms with Crippen molar-refractivity contribution in [1.29, 1.82) is 5.26 Å². The Hall–Kier alpha value is -1.68. The average molecular weight is 237 g/mol. The molecule has 0 saturated heterocycles. The molecule has 0 aliphatic carbocycles. The molecule has 4 N–H and O–H groups in total. The Balaban J connectivity index is 3.10. The van der Waals surface area contributed by atoms with Crippen LogP contribution >= 0.6 is 0 Å². The second kappa shape index (κ2) is 5.59. The first-order valence-corrected chi connectivity index (χ1v) is 5.09. The Morgan fingerprint density at radius 1 is 1.35 bits per heavy atom. The lowest BCUT2D eigenvalue weighted by atomic mass is 10.0. The van der Waals surface area contributed by atoms with Crippen LogP contribution in [0.25, 0.3) is 0 Å². The van der Waals surface area contributed by atoms with Gasteiger partial charge in [-0.2, -0.15) is 5.26 Å². The number of rotatable bonds is 5. The number of anilines is 1.